The molecule has 3 aromatic rings. The van der Waals surface area contributed by atoms with Crippen molar-refractivity contribution >= 4 is 28.4 Å². The van der Waals surface area contributed by atoms with Gasteiger partial charge in [0.2, 0.25) is 0 Å². The van der Waals surface area contributed by atoms with Crippen molar-refractivity contribution in [2.45, 2.75) is 27.6 Å². The Morgan fingerprint density at radius 2 is 1.38 bits per heavy atom. The van der Waals surface area contributed by atoms with Gasteiger partial charge in [0, 0.05) is 6.71 Å². The third-order valence-electron chi connectivity index (χ3n) is 4.82. The number of hydrogen-bond acceptors (Lipinski definition) is 0. The van der Waals surface area contributed by atoms with Crippen LogP contribution in [0, 0.1) is 20.8 Å². The van der Waals surface area contributed by atoms with Gasteiger partial charge in [-0.2, -0.15) is 6.82 Å². The Balaban J connectivity index is 2.20. The number of hydrogen-bond donors (Lipinski definition) is 0. The molecular weight excluding hydrogens is 251 g/mol. The molecule has 0 bridgehead atoms. The zero-order valence-corrected chi connectivity index (χ0v) is 13.4. The maximum atomic E-state index is 2.41. The number of aryl methyl sites for hydroxylation is 3. The summed E-state index contributed by atoms with van der Waals surface area (Å²) in [7, 11) is 0. The van der Waals surface area contributed by atoms with Gasteiger partial charge in [-0.1, -0.05) is 76.7 Å². The van der Waals surface area contributed by atoms with Crippen molar-refractivity contribution in [2.24, 2.45) is 0 Å². The summed E-state index contributed by atoms with van der Waals surface area (Å²) < 4.78 is 0. The van der Waals surface area contributed by atoms with Gasteiger partial charge in [-0.15, -0.1) is 0 Å². The zero-order valence-electron chi connectivity index (χ0n) is 13.4. The minimum Gasteiger partial charge on any atom is -0.203 e. The van der Waals surface area contributed by atoms with Crippen LogP contribution in [0.4, 0.5) is 0 Å². The van der Waals surface area contributed by atoms with Crippen LogP contribution in [-0.4, -0.2) is 6.71 Å². The SMILES string of the molecule is C[BH-](c1c(C)cc(C)cc1C)c1cccc2ccccc12. The average molecular weight is 273 g/mol. The minimum atomic E-state index is -0.536. The van der Waals surface area contributed by atoms with Gasteiger partial charge in [-0.05, 0) is 26.2 Å². The van der Waals surface area contributed by atoms with Crippen molar-refractivity contribution in [3.8, 4) is 0 Å². The van der Waals surface area contributed by atoms with E-state index in [4.69, 9.17) is 0 Å². The summed E-state index contributed by atoms with van der Waals surface area (Å²) in [6, 6.07) is 20.1. The largest absolute Gasteiger partial charge is 0.203 e. The smallest absolute Gasteiger partial charge is 0.0380 e. The van der Waals surface area contributed by atoms with Crippen molar-refractivity contribution in [3.05, 3.63) is 71.3 Å². The van der Waals surface area contributed by atoms with E-state index in [0.717, 1.165) is 0 Å². The topological polar surface area (TPSA) is 0 Å². The predicted octanol–water partition coefficient (Wildman–Crippen LogP) is 3.74. The minimum absolute atomic E-state index is 0.536. The van der Waals surface area contributed by atoms with Gasteiger partial charge < -0.3 is 0 Å². The molecule has 1 atom stereocenters. The first kappa shape index (κ1) is 13.9. The summed E-state index contributed by atoms with van der Waals surface area (Å²) in [6.45, 7) is 8.56. The van der Waals surface area contributed by atoms with E-state index in [1.807, 2.05) is 0 Å². The molecule has 0 nitrogen and oxygen atoms in total. The highest BCUT2D eigenvalue weighted by Gasteiger charge is 2.10. The lowest BCUT2D eigenvalue weighted by molar-refractivity contribution is 1.35. The standard InChI is InChI=1S/C20H22B/c1-14-12-15(2)20(16(3)13-14)21(4)19-11-7-9-17-8-5-6-10-18(17)19/h5-13,21H,1-4H3/q-1. The second-order valence-electron chi connectivity index (χ2n) is 6.40. The Morgan fingerprint density at radius 1 is 0.762 bits per heavy atom. The second-order valence-corrected chi connectivity index (χ2v) is 6.40. The van der Waals surface area contributed by atoms with E-state index in [1.54, 1.807) is 5.46 Å². The summed E-state index contributed by atoms with van der Waals surface area (Å²) >= 11 is 0. The first-order valence-electron chi connectivity index (χ1n) is 7.89. The zero-order chi connectivity index (χ0) is 15.0. The van der Waals surface area contributed by atoms with Gasteiger partial charge in [-0.25, -0.2) is 10.9 Å². The second kappa shape index (κ2) is 5.40. The lowest BCUT2D eigenvalue weighted by atomic mass is 9.40. The van der Waals surface area contributed by atoms with Crippen LogP contribution in [0.2, 0.25) is 6.82 Å². The van der Waals surface area contributed by atoms with Gasteiger partial charge in [0.15, 0.2) is 0 Å². The van der Waals surface area contributed by atoms with Crippen LogP contribution < -0.4 is 10.9 Å². The van der Waals surface area contributed by atoms with Crippen molar-refractivity contribution < 1.29 is 0 Å². The Labute approximate surface area is 127 Å². The van der Waals surface area contributed by atoms with Gasteiger partial charge in [0.05, 0.1) is 0 Å². The van der Waals surface area contributed by atoms with E-state index in [0.29, 0.717) is 0 Å². The molecule has 106 valence electrons. The van der Waals surface area contributed by atoms with E-state index < -0.39 is 6.71 Å². The molecule has 0 aliphatic rings. The van der Waals surface area contributed by atoms with Crippen molar-refractivity contribution in [1.82, 2.24) is 0 Å². The van der Waals surface area contributed by atoms with Crippen LogP contribution in [0.25, 0.3) is 10.8 Å². The van der Waals surface area contributed by atoms with E-state index in [-0.39, 0.29) is 0 Å². The fraction of sp³-hybridized carbons (Fsp3) is 0.200. The summed E-state index contributed by atoms with van der Waals surface area (Å²) in [5.74, 6) is 0. The van der Waals surface area contributed by atoms with E-state index >= 15 is 0 Å². The van der Waals surface area contributed by atoms with Crippen LogP contribution in [-0.2, 0) is 0 Å². The normalized spacial score (nSPS) is 12.6. The maximum Gasteiger partial charge on any atom is 0.0380 e. The van der Waals surface area contributed by atoms with Crippen LogP contribution >= 0.6 is 0 Å². The molecule has 1 heteroatoms. The van der Waals surface area contributed by atoms with E-state index in [9.17, 15) is 0 Å². The van der Waals surface area contributed by atoms with Crippen molar-refractivity contribution in [3.63, 3.8) is 0 Å². The molecule has 0 aliphatic carbocycles. The predicted molar refractivity (Wildman–Crippen MR) is 96.9 cm³/mol. The third-order valence-corrected chi connectivity index (χ3v) is 4.82. The van der Waals surface area contributed by atoms with Crippen LogP contribution in [0.3, 0.4) is 0 Å². The van der Waals surface area contributed by atoms with E-state index in [2.05, 4.69) is 82.2 Å². The summed E-state index contributed by atoms with van der Waals surface area (Å²) in [5.41, 5.74) is 7.28. The Bertz CT molecular complexity index is 774. The fourth-order valence-electron chi connectivity index (χ4n) is 3.99. The Morgan fingerprint density at radius 3 is 2.10 bits per heavy atom. The molecule has 21 heavy (non-hydrogen) atoms. The molecule has 0 saturated heterocycles. The molecule has 0 aromatic heterocycles. The summed E-state index contributed by atoms with van der Waals surface area (Å²) in [6.07, 6.45) is 0. The molecule has 3 rings (SSSR count). The molecule has 1 unspecified atom stereocenters. The molecule has 0 fully saturated rings. The van der Waals surface area contributed by atoms with Crippen LogP contribution in [0.15, 0.2) is 54.6 Å². The van der Waals surface area contributed by atoms with Crippen LogP contribution in [0.1, 0.15) is 16.7 Å². The highest BCUT2D eigenvalue weighted by atomic mass is 14.1. The number of rotatable bonds is 2. The molecule has 0 N–H and O–H groups in total. The first-order valence-corrected chi connectivity index (χ1v) is 7.89. The Kier molecular flexibility index (Phi) is 3.59. The quantitative estimate of drug-likeness (QED) is 0.624. The van der Waals surface area contributed by atoms with Gasteiger partial charge in [0.25, 0.3) is 0 Å². The molecule has 0 spiro atoms. The molecule has 0 aliphatic heterocycles. The lowest BCUT2D eigenvalue weighted by Crippen LogP contribution is -2.42. The van der Waals surface area contributed by atoms with Gasteiger partial charge in [-0.3, -0.25) is 0 Å². The highest BCUT2D eigenvalue weighted by molar-refractivity contribution is 6.86. The molecule has 0 radical (unpaired) electrons. The van der Waals surface area contributed by atoms with E-state index in [1.165, 1.54) is 32.9 Å². The van der Waals surface area contributed by atoms with Crippen molar-refractivity contribution in [2.75, 3.05) is 0 Å². The lowest BCUT2D eigenvalue weighted by Gasteiger charge is -2.27. The number of benzene rings is 3. The molecule has 0 heterocycles. The monoisotopic (exact) mass is 273 g/mol. The van der Waals surface area contributed by atoms with Crippen molar-refractivity contribution in [1.29, 1.82) is 0 Å². The maximum absolute atomic E-state index is 2.41. The molecule has 3 aromatic carbocycles. The number of fused-ring (bicyclic) bond motifs is 1. The van der Waals surface area contributed by atoms with Crippen LogP contribution in [0.5, 0.6) is 0 Å². The summed E-state index contributed by atoms with van der Waals surface area (Å²) in [5, 5.41) is 2.75. The average Bonchev–Trinajstić information content (AvgIpc) is 2.45. The molecule has 0 amide bonds. The summed E-state index contributed by atoms with van der Waals surface area (Å²) in [4.78, 5) is 0. The fourth-order valence-corrected chi connectivity index (χ4v) is 3.99. The van der Waals surface area contributed by atoms with Gasteiger partial charge >= 0.3 is 0 Å². The third kappa shape index (κ3) is 2.49. The van der Waals surface area contributed by atoms with Gasteiger partial charge in [0.1, 0.15) is 0 Å². The Hall–Kier alpha value is -2.02. The first-order chi connectivity index (χ1) is 10.1. The molecular formula is C20H22B-. The highest BCUT2D eigenvalue weighted by Crippen LogP contribution is 2.14. The molecule has 0 saturated carbocycles.